The Morgan fingerprint density at radius 1 is 1.10 bits per heavy atom. The van der Waals surface area contributed by atoms with Gasteiger partial charge in [-0.25, -0.2) is 0 Å². The molecule has 1 atom stereocenters. The first kappa shape index (κ1) is 21.7. The molecule has 0 radical (unpaired) electrons. The highest BCUT2D eigenvalue weighted by Crippen LogP contribution is 2.41. The van der Waals surface area contributed by atoms with Gasteiger partial charge in [-0.05, 0) is 29.3 Å². The highest BCUT2D eigenvalue weighted by Gasteiger charge is 2.38. The molecule has 0 N–H and O–H groups in total. The lowest BCUT2D eigenvalue weighted by Gasteiger charge is -2.27. The molecule has 1 amide bonds. The average Bonchev–Trinajstić information content (AvgIpc) is 3.01. The molecular weight excluding hydrogens is 426 g/mol. The zero-order chi connectivity index (χ0) is 21.8. The summed E-state index contributed by atoms with van der Waals surface area (Å²) in [6.07, 6.45) is 1.60. The number of thiocarbonyl (C=S) groups is 1. The van der Waals surface area contributed by atoms with E-state index in [1.165, 1.54) is 21.3 Å². The summed E-state index contributed by atoms with van der Waals surface area (Å²) in [5.74, 6) is -0.653. The number of hydrogen-bond donors (Lipinski definition) is 0. The number of benzene rings is 2. The van der Waals surface area contributed by atoms with Gasteiger partial charge in [0.05, 0.1) is 32.2 Å². The summed E-state index contributed by atoms with van der Waals surface area (Å²) in [6.45, 7) is 0. The van der Waals surface area contributed by atoms with E-state index >= 15 is 0 Å². The van der Waals surface area contributed by atoms with E-state index in [9.17, 15) is 14.7 Å². The van der Waals surface area contributed by atoms with Crippen molar-refractivity contribution < 1.29 is 28.9 Å². The fourth-order valence-electron chi connectivity index (χ4n) is 3.06. The summed E-state index contributed by atoms with van der Waals surface area (Å²) in [7, 11) is 4.48. The molecule has 2 aromatic rings. The molecule has 9 heteroatoms. The van der Waals surface area contributed by atoms with Crippen molar-refractivity contribution in [3.8, 4) is 17.2 Å². The van der Waals surface area contributed by atoms with Crippen molar-refractivity contribution in [1.82, 2.24) is 4.90 Å². The van der Waals surface area contributed by atoms with Gasteiger partial charge >= 0.3 is 0 Å². The summed E-state index contributed by atoms with van der Waals surface area (Å²) in [4.78, 5) is 26.2. The number of ether oxygens (including phenoxy) is 3. The van der Waals surface area contributed by atoms with E-state index in [-0.39, 0.29) is 9.23 Å². The number of carboxylic acid groups (broad SMARTS) is 1. The molecule has 1 fully saturated rings. The normalized spacial score (nSPS) is 16.0. The maximum atomic E-state index is 13.0. The van der Waals surface area contributed by atoms with Crippen LogP contribution in [0.2, 0.25) is 0 Å². The minimum atomic E-state index is -1.41. The van der Waals surface area contributed by atoms with Crippen LogP contribution in [0.3, 0.4) is 0 Å². The number of carbonyl (C=O) groups excluding carboxylic acids is 2. The van der Waals surface area contributed by atoms with Crippen LogP contribution in [0, 0.1) is 0 Å². The molecule has 7 nitrogen and oxygen atoms in total. The van der Waals surface area contributed by atoms with Gasteiger partial charge in [-0.1, -0.05) is 54.3 Å². The van der Waals surface area contributed by atoms with Gasteiger partial charge in [0, 0.05) is 0 Å². The van der Waals surface area contributed by atoms with Crippen LogP contribution >= 0.6 is 24.0 Å². The molecule has 1 aliphatic heterocycles. The van der Waals surface area contributed by atoms with Crippen LogP contribution in [-0.4, -0.2) is 42.4 Å². The van der Waals surface area contributed by atoms with Gasteiger partial charge in [0.25, 0.3) is 5.91 Å². The Bertz CT molecular complexity index is 996. The Balaban J connectivity index is 2.00. The topological polar surface area (TPSA) is 88.1 Å². The number of hydrogen-bond acceptors (Lipinski definition) is 8. The van der Waals surface area contributed by atoms with Crippen LogP contribution in [0.15, 0.2) is 47.4 Å². The first-order chi connectivity index (χ1) is 14.4. The number of aliphatic carboxylic acids is 1. The summed E-state index contributed by atoms with van der Waals surface area (Å²) in [5, 5.41) is 11.8. The molecule has 1 heterocycles. The first-order valence-electron chi connectivity index (χ1n) is 8.74. The SMILES string of the molecule is COc1cc(/C=C2\SC(=S)N([C@H](C(=O)[O-])c3ccccc3)C2=O)cc(OC)c1OC. The molecule has 0 unspecified atom stereocenters. The minimum Gasteiger partial charge on any atom is -0.547 e. The van der Waals surface area contributed by atoms with Gasteiger partial charge in [-0.15, -0.1) is 0 Å². The summed E-state index contributed by atoms with van der Waals surface area (Å²) in [5.41, 5.74) is 1.01. The zero-order valence-electron chi connectivity index (χ0n) is 16.4. The van der Waals surface area contributed by atoms with E-state index in [0.29, 0.717) is 28.4 Å². The predicted molar refractivity (Wildman–Crippen MR) is 115 cm³/mol. The van der Waals surface area contributed by atoms with Crippen molar-refractivity contribution in [1.29, 1.82) is 0 Å². The molecule has 3 rings (SSSR count). The third kappa shape index (κ3) is 4.12. The summed E-state index contributed by atoms with van der Waals surface area (Å²) < 4.78 is 16.1. The lowest BCUT2D eigenvalue weighted by atomic mass is 10.1. The molecule has 0 saturated carbocycles. The Labute approximate surface area is 183 Å². The fraction of sp³-hybridized carbons (Fsp3) is 0.190. The molecule has 0 aromatic heterocycles. The molecule has 2 aromatic carbocycles. The number of rotatable bonds is 7. The predicted octanol–water partition coefficient (Wildman–Crippen LogP) is 2.40. The van der Waals surface area contributed by atoms with Crippen LogP contribution in [0.25, 0.3) is 6.08 Å². The first-order valence-corrected chi connectivity index (χ1v) is 9.96. The van der Waals surface area contributed by atoms with Crippen LogP contribution in [0.5, 0.6) is 17.2 Å². The van der Waals surface area contributed by atoms with Gasteiger partial charge in [0.1, 0.15) is 10.4 Å². The van der Waals surface area contributed by atoms with E-state index in [1.54, 1.807) is 48.5 Å². The number of carboxylic acids is 1. The largest absolute Gasteiger partial charge is 0.547 e. The molecule has 156 valence electrons. The number of thioether (sulfide) groups is 1. The van der Waals surface area contributed by atoms with Crippen molar-refractivity contribution in [2.24, 2.45) is 0 Å². The average molecular weight is 445 g/mol. The third-order valence-corrected chi connectivity index (χ3v) is 5.74. The number of amides is 1. The van der Waals surface area contributed by atoms with Crippen molar-refractivity contribution >= 4 is 46.3 Å². The fourth-order valence-corrected chi connectivity index (χ4v) is 4.38. The Hall–Kier alpha value is -3.04. The van der Waals surface area contributed by atoms with E-state index in [4.69, 9.17) is 26.4 Å². The second kappa shape index (κ2) is 9.19. The zero-order valence-corrected chi connectivity index (χ0v) is 18.0. The van der Waals surface area contributed by atoms with Crippen LogP contribution in [0.1, 0.15) is 17.2 Å². The Morgan fingerprint density at radius 3 is 2.20 bits per heavy atom. The molecule has 1 aliphatic rings. The molecular formula is C21H18NO6S2-. The maximum absolute atomic E-state index is 13.0. The van der Waals surface area contributed by atoms with Gasteiger partial charge in [0.2, 0.25) is 5.75 Å². The second-order valence-electron chi connectivity index (χ2n) is 6.14. The number of nitrogens with zero attached hydrogens (tertiary/aromatic N) is 1. The highest BCUT2D eigenvalue weighted by molar-refractivity contribution is 8.26. The summed E-state index contributed by atoms with van der Waals surface area (Å²) >= 11 is 6.33. The van der Waals surface area contributed by atoms with Crippen LogP contribution < -0.4 is 19.3 Å². The second-order valence-corrected chi connectivity index (χ2v) is 7.82. The molecule has 1 saturated heterocycles. The van der Waals surface area contributed by atoms with Crippen molar-refractivity contribution in [3.63, 3.8) is 0 Å². The molecule has 30 heavy (non-hydrogen) atoms. The van der Waals surface area contributed by atoms with Gasteiger partial charge < -0.3 is 24.1 Å². The summed E-state index contributed by atoms with van der Waals surface area (Å²) in [6, 6.07) is 10.4. The van der Waals surface area contributed by atoms with Crippen molar-refractivity contribution in [2.45, 2.75) is 6.04 Å². The highest BCUT2D eigenvalue weighted by atomic mass is 32.2. The van der Waals surface area contributed by atoms with Crippen molar-refractivity contribution in [3.05, 3.63) is 58.5 Å². The van der Waals surface area contributed by atoms with E-state index < -0.39 is 17.9 Å². The van der Waals surface area contributed by atoms with Gasteiger partial charge in [-0.2, -0.15) is 0 Å². The van der Waals surface area contributed by atoms with Crippen LogP contribution in [0.4, 0.5) is 0 Å². The van der Waals surface area contributed by atoms with Crippen LogP contribution in [-0.2, 0) is 9.59 Å². The molecule has 0 spiro atoms. The number of methoxy groups -OCH3 is 3. The van der Waals surface area contributed by atoms with Gasteiger partial charge in [-0.3, -0.25) is 9.69 Å². The standard InChI is InChI=1S/C21H19NO6S2/c1-26-14-9-12(10-15(27-2)18(14)28-3)11-16-19(23)22(21(29)30-16)17(20(24)25)13-7-5-4-6-8-13/h4-11,17H,1-3H3,(H,24,25)/p-1/b16-11-/t17-/m0/s1. The lowest BCUT2D eigenvalue weighted by molar-refractivity contribution is -0.310. The Kier molecular flexibility index (Phi) is 6.63. The monoisotopic (exact) mass is 444 g/mol. The lowest BCUT2D eigenvalue weighted by Crippen LogP contribution is -2.43. The minimum absolute atomic E-state index is 0.136. The smallest absolute Gasteiger partial charge is 0.267 e. The van der Waals surface area contributed by atoms with Gasteiger partial charge in [0.15, 0.2) is 11.5 Å². The third-order valence-electron chi connectivity index (χ3n) is 4.41. The van der Waals surface area contributed by atoms with E-state index in [2.05, 4.69) is 0 Å². The Morgan fingerprint density at radius 2 is 1.70 bits per heavy atom. The van der Waals surface area contributed by atoms with Crippen molar-refractivity contribution in [2.75, 3.05) is 21.3 Å². The molecule has 0 bridgehead atoms. The van der Waals surface area contributed by atoms with E-state index in [0.717, 1.165) is 16.7 Å². The number of carbonyl (C=O) groups is 2. The molecule has 0 aliphatic carbocycles. The van der Waals surface area contributed by atoms with E-state index in [1.807, 2.05) is 0 Å². The maximum Gasteiger partial charge on any atom is 0.267 e. The quantitative estimate of drug-likeness (QED) is 0.475.